The molecule has 1 aromatic carbocycles. The highest BCUT2D eigenvalue weighted by Gasteiger charge is 2.06. The standard InChI is InChI=1S/C20H24N4O/c1-17(14-24-11-10-21-16-24)12-22-13-18-6-2-3-8-20(18)25-15-19-7-4-5-9-23-19/h2-11,16-17,22H,12-15H2,1H3/t17-/m1/s1. The topological polar surface area (TPSA) is 52.0 Å². The number of rotatable bonds is 9. The van der Waals surface area contributed by atoms with Crippen LogP contribution in [0.4, 0.5) is 0 Å². The summed E-state index contributed by atoms with van der Waals surface area (Å²) < 4.78 is 8.06. The van der Waals surface area contributed by atoms with Gasteiger partial charge in [-0.25, -0.2) is 4.98 Å². The van der Waals surface area contributed by atoms with Gasteiger partial charge in [-0.1, -0.05) is 31.2 Å². The number of imidazole rings is 1. The molecule has 3 aromatic rings. The monoisotopic (exact) mass is 336 g/mol. The Hall–Kier alpha value is -2.66. The summed E-state index contributed by atoms with van der Waals surface area (Å²) >= 11 is 0. The molecule has 0 saturated carbocycles. The van der Waals surface area contributed by atoms with Crippen LogP contribution in [0.3, 0.4) is 0 Å². The van der Waals surface area contributed by atoms with E-state index in [1.54, 1.807) is 6.20 Å². The number of pyridine rings is 1. The highest BCUT2D eigenvalue weighted by Crippen LogP contribution is 2.19. The number of para-hydroxylation sites is 1. The minimum atomic E-state index is 0.481. The van der Waals surface area contributed by atoms with Crippen LogP contribution in [0.2, 0.25) is 0 Å². The van der Waals surface area contributed by atoms with Gasteiger partial charge in [-0.3, -0.25) is 4.98 Å². The van der Waals surface area contributed by atoms with Gasteiger partial charge in [0.2, 0.25) is 0 Å². The minimum absolute atomic E-state index is 0.481. The molecule has 5 heteroatoms. The van der Waals surface area contributed by atoms with Crippen molar-refractivity contribution in [3.05, 3.63) is 78.6 Å². The largest absolute Gasteiger partial charge is 0.487 e. The van der Waals surface area contributed by atoms with Crippen molar-refractivity contribution in [1.29, 1.82) is 0 Å². The first-order valence-corrected chi connectivity index (χ1v) is 8.58. The zero-order valence-corrected chi connectivity index (χ0v) is 14.5. The Labute approximate surface area is 148 Å². The first kappa shape index (κ1) is 17.2. The van der Waals surface area contributed by atoms with Crippen molar-refractivity contribution >= 4 is 0 Å². The van der Waals surface area contributed by atoms with Gasteiger partial charge in [-0.2, -0.15) is 0 Å². The summed E-state index contributed by atoms with van der Waals surface area (Å²) in [6.45, 7) is 5.40. The van der Waals surface area contributed by atoms with E-state index < -0.39 is 0 Å². The van der Waals surface area contributed by atoms with Crippen molar-refractivity contribution < 1.29 is 4.74 Å². The maximum Gasteiger partial charge on any atom is 0.130 e. The Kier molecular flexibility index (Phi) is 6.17. The van der Waals surface area contributed by atoms with Crippen LogP contribution in [0.25, 0.3) is 0 Å². The van der Waals surface area contributed by atoms with Gasteiger partial charge in [-0.15, -0.1) is 0 Å². The Bertz CT molecular complexity index is 743. The van der Waals surface area contributed by atoms with Crippen molar-refractivity contribution in [3.63, 3.8) is 0 Å². The van der Waals surface area contributed by atoms with E-state index in [4.69, 9.17) is 4.74 Å². The van der Waals surface area contributed by atoms with Crippen LogP contribution in [0.1, 0.15) is 18.2 Å². The summed E-state index contributed by atoms with van der Waals surface area (Å²) in [4.78, 5) is 8.38. The van der Waals surface area contributed by atoms with Gasteiger partial charge in [0.05, 0.1) is 12.0 Å². The van der Waals surface area contributed by atoms with Crippen LogP contribution >= 0.6 is 0 Å². The van der Waals surface area contributed by atoms with Gasteiger partial charge in [-0.05, 0) is 30.7 Å². The van der Waals surface area contributed by atoms with E-state index in [2.05, 4.69) is 32.8 Å². The molecule has 0 amide bonds. The number of hydrogen-bond acceptors (Lipinski definition) is 4. The van der Waals surface area contributed by atoms with Crippen LogP contribution in [0, 0.1) is 5.92 Å². The fraction of sp³-hybridized carbons (Fsp3) is 0.300. The molecule has 1 atom stereocenters. The van der Waals surface area contributed by atoms with Crippen molar-refractivity contribution in [3.8, 4) is 5.75 Å². The van der Waals surface area contributed by atoms with Gasteiger partial charge in [0, 0.05) is 37.2 Å². The molecule has 130 valence electrons. The molecule has 2 heterocycles. The molecule has 0 aliphatic rings. The van der Waals surface area contributed by atoms with Gasteiger partial charge < -0.3 is 14.6 Å². The predicted octanol–water partition coefficient (Wildman–Crippen LogP) is 3.28. The molecule has 0 spiro atoms. The van der Waals surface area contributed by atoms with E-state index >= 15 is 0 Å². The quantitative estimate of drug-likeness (QED) is 0.651. The number of hydrogen-bond donors (Lipinski definition) is 1. The van der Waals surface area contributed by atoms with Gasteiger partial charge in [0.1, 0.15) is 12.4 Å². The van der Waals surface area contributed by atoms with E-state index in [1.165, 1.54) is 0 Å². The maximum atomic E-state index is 5.95. The predicted molar refractivity (Wildman–Crippen MR) is 98.1 cm³/mol. The molecule has 0 radical (unpaired) electrons. The molecule has 3 rings (SSSR count). The first-order valence-electron chi connectivity index (χ1n) is 8.58. The molecule has 0 aliphatic carbocycles. The average Bonchev–Trinajstić information content (AvgIpc) is 3.15. The van der Waals surface area contributed by atoms with Crippen LogP contribution in [0.5, 0.6) is 5.75 Å². The maximum absolute atomic E-state index is 5.95. The molecule has 0 fully saturated rings. The van der Waals surface area contributed by atoms with Crippen LogP contribution in [-0.4, -0.2) is 21.1 Å². The van der Waals surface area contributed by atoms with Gasteiger partial charge in [0.25, 0.3) is 0 Å². The Morgan fingerprint density at radius 2 is 2.00 bits per heavy atom. The summed E-state index contributed by atoms with van der Waals surface area (Å²) in [6.07, 6.45) is 7.46. The molecule has 2 aromatic heterocycles. The van der Waals surface area contributed by atoms with Crippen molar-refractivity contribution in [2.75, 3.05) is 6.54 Å². The minimum Gasteiger partial charge on any atom is -0.487 e. The third-order valence-electron chi connectivity index (χ3n) is 3.96. The zero-order chi connectivity index (χ0) is 17.3. The molecular weight excluding hydrogens is 312 g/mol. The van der Waals surface area contributed by atoms with E-state index in [0.29, 0.717) is 12.5 Å². The fourth-order valence-corrected chi connectivity index (χ4v) is 2.70. The van der Waals surface area contributed by atoms with Gasteiger partial charge >= 0.3 is 0 Å². The van der Waals surface area contributed by atoms with E-state index in [-0.39, 0.29) is 0 Å². The van der Waals surface area contributed by atoms with E-state index in [0.717, 1.165) is 36.6 Å². The van der Waals surface area contributed by atoms with E-state index in [1.807, 2.05) is 55.1 Å². The highest BCUT2D eigenvalue weighted by atomic mass is 16.5. The number of ether oxygens (including phenoxy) is 1. The lowest BCUT2D eigenvalue weighted by atomic mass is 10.1. The summed E-state index contributed by atoms with van der Waals surface area (Å²) in [7, 11) is 0. The first-order chi connectivity index (χ1) is 12.3. The van der Waals surface area contributed by atoms with Crippen molar-refractivity contribution in [2.45, 2.75) is 26.6 Å². The number of aromatic nitrogens is 3. The van der Waals surface area contributed by atoms with Crippen LogP contribution < -0.4 is 10.1 Å². The third-order valence-corrected chi connectivity index (χ3v) is 3.96. The Balaban J connectivity index is 1.49. The molecule has 25 heavy (non-hydrogen) atoms. The molecular formula is C20H24N4O. The number of nitrogens with one attached hydrogen (secondary N) is 1. The Morgan fingerprint density at radius 1 is 1.12 bits per heavy atom. The number of nitrogens with zero attached hydrogens (tertiary/aromatic N) is 3. The van der Waals surface area contributed by atoms with E-state index in [9.17, 15) is 0 Å². The zero-order valence-electron chi connectivity index (χ0n) is 14.5. The second kappa shape index (κ2) is 8.99. The molecule has 0 saturated heterocycles. The average molecular weight is 336 g/mol. The SMILES string of the molecule is C[C@H](CNCc1ccccc1OCc1ccccn1)Cn1ccnc1. The third kappa shape index (κ3) is 5.43. The molecule has 1 N–H and O–H groups in total. The summed E-state index contributed by atoms with van der Waals surface area (Å²) in [5.74, 6) is 1.43. The van der Waals surface area contributed by atoms with Crippen LogP contribution in [-0.2, 0) is 19.7 Å². The molecule has 0 unspecified atom stereocenters. The van der Waals surface area contributed by atoms with Gasteiger partial charge in [0.15, 0.2) is 0 Å². The number of benzene rings is 1. The summed E-state index contributed by atoms with van der Waals surface area (Å²) in [5, 5.41) is 3.52. The molecule has 0 bridgehead atoms. The van der Waals surface area contributed by atoms with Crippen molar-refractivity contribution in [1.82, 2.24) is 19.9 Å². The normalized spacial score (nSPS) is 12.0. The lowest BCUT2D eigenvalue weighted by Crippen LogP contribution is -2.23. The molecule has 0 aliphatic heterocycles. The summed E-state index contributed by atoms with van der Waals surface area (Å²) in [6, 6.07) is 14.0. The lowest BCUT2D eigenvalue weighted by Gasteiger charge is -2.15. The smallest absolute Gasteiger partial charge is 0.130 e. The Morgan fingerprint density at radius 3 is 2.80 bits per heavy atom. The highest BCUT2D eigenvalue weighted by molar-refractivity contribution is 5.33. The second-order valence-electron chi connectivity index (χ2n) is 6.21. The lowest BCUT2D eigenvalue weighted by molar-refractivity contribution is 0.297. The van der Waals surface area contributed by atoms with Crippen molar-refractivity contribution in [2.24, 2.45) is 5.92 Å². The van der Waals surface area contributed by atoms with Crippen LogP contribution in [0.15, 0.2) is 67.4 Å². The molecule has 5 nitrogen and oxygen atoms in total. The second-order valence-corrected chi connectivity index (χ2v) is 6.21. The summed E-state index contributed by atoms with van der Waals surface area (Å²) in [5.41, 5.74) is 2.09. The fourth-order valence-electron chi connectivity index (χ4n) is 2.70.